The second-order valence-corrected chi connectivity index (χ2v) is 2.93. The van der Waals surface area contributed by atoms with E-state index in [9.17, 15) is 4.39 Å². The van der Waals surface area contributed by atoms with Crippen LogP contribution in [0.25, 0.3) is 0 Å². The Labute approximate surface area is 88.2 Å². The molecular weight excluding hydrogens is 197 g/mol. The van der Waals surface area contributed by atoms with Gasteiger partial charge in [0.15, 0.2) is 0 Å². The molecule has 0 unspecified atom stereocenters. The summed E-state index contributed by atoms with van der Waals surface area (Å²) in [4.78, 5) is 0. The zero-order valence-corrected chi connectivity index (χ0v) is 8.61. The maximum atomic E-state index is 12.0. The lowest BCUT2D eigenvalue weighted by atomic mass is 10.1. The third-order valence-electron chi connectivity index (χ3n) is 1.99. The molecular formula is C11H14FNO2. The lowest BCUT2D eigenvalue weighted by Crippen LogP contribution is -2.06. The summed E-state index contributed by atoms with van der Waals surface area (Å²) in [6, 6.07) is 7.12. The fourth-order valence-corrected chi connectivity index (χ4v) is 1.29. The molecule has 15 heavy (non-hydrogen) atoms. The SMILES string of the molecule is CC/C(=N/O)c1ccccc1OCCF. The number of halogens is 1. The highest BCUT2D eigenvalue weighted by atomic mass is 19.1. The maximum Gasteiger partial charge on any atom is 0.128 e. The predicted molar refractivity (Wildman–Crippen MR) is 56.5 cm³/mol. The van der Waals surface area contributed by atoms with Crippen LogP contribution in [-0.4, -0.2) is 24.2 Å². The van der Waals surface area contributed by atoms with Crippen LogP contribution in [0.1, 0.15) is 18.9 Å². The molecule has 0 amide bonds. The molecule has 0 aliphatic carbocycles. The van der Waals surface area contributed by atoms with E-state index in [-0.39, 0.29) is 6.61 Å². The van der Waals surface area contributed by atoms with E-state index in [1.807, 2.05) is 13.0 Å². The van der Waals surface area contributed by atoms with Crippen molar-refractivity contribution in [3.05, 3.63) is 29.8 Å². The number of rotatable bonds is 5. The minimum absolute atomic E-state index is 0.0133. The lowest BCUT2D eigenvalue weighted by molar-refractivity contribution is 0.272. The Balaban J connectivity index is 2.95. The van der Waals surface area contributed by atoms with Gasteiger partial charge in [-0.1, -0.05) is 24.2 Å². The quantitative estimate of drug-likeness (QED) is 0.462. The molecule has 3 nitrogen and oxygen atoms in total. The zero-order chi connectivity index (χ0) is 11.1. The molecule has 0 atom stereocenters. The van der Waals surface area contributed by atoms with E-state index in [0.717, 1.165) is 0 Å². The van der Waals surface area contributed by atoms with E-state index in [0.29, 0.717) is 23.4 Å². The molecule has 0 bridgehead atoms. The molecule has 0 aromatic heterocycles. The van der Waals surface area contributed by atoms with Crippen molar-refractivity contribution < 1.29 is 14.3 Å². The average Bonchev–Trinajstić information content (AvgIpc) is 2.29. The standard InChI is InChI=1S/C11H14FNO2/c1-2-10(13-14)9-5-3-4-6-11(9)15-8-7-12/h3-6,14H,2,7-8H2,1H3/b13-10-. The summed E-state index contributed by atoms with van der Waals surface area (Å²) < 4.78 is 17.2. The summed E-state index contributed by atoms with van der Waals surface area (Å²) in [5, 5.41) is 12.0. The van der Waals surface area contributed by atoms with Crippen molar-refractivity contribution in [2.45, 2.75) is 13.3 Å². The van der Waals surface area contributed by atoms with Crippen molar-refractivity contribution >= 4 is 5.71 Å². The van der Waals surface area contributed by atoms with Gasteiger partial charge in [-0.2, -0.15) is 0 Å². The van der Waals surface area contributed by atoms with Gasteiger partial charge in [0, 0.05) is 5.56 Å². The second-order valence-electron chi connectivity index (χ2n) is 2.93. The third kappa shape index (κ3) is 2.94. The molecule has 4 heteroatoms. The highest BCUT2D eigenvalue weighted by Gasteiger charge is 2.08. The first-order chi connectivity index (χ1) is 7.33. The van der Waals surface area contributed by atoms with Gasteiger partial charge in [-0.15, -0.1) is 0 Å². The van der Waals surface area contributed by atoms with Gasteiger partial charge in [-0.25, -0.2) is 4.39 Å². The van der Waals surface area contributed by atoms with Gasteiger partial charge in [-0.05, 0) is 18.6 Å². The molecule has 0 saturated carbocycles. The Hall–Kier alpha value is -1.58. The van der Waals surface area contributed by atoms with Crippen LogP contribution in [0.5, 0.6) is 5.75 Å². The van der Waals surface area contributed by atoms with Crippen LogP contribution < -0.4 is 4.74 Å². The molecule has 82 valence electrons. The third-order valence-corrected chi connectivity index (χ3v) is 1.99. The van der Waals surface area contributed by atoms with Crippen molar-refractivity contribution in [3.63, 3.8) is 0 Å². The number of ether oxygens (including phenoxy) is 1. The predicted octanol–water partition coefficient (Wildman–Crippen LogP) is 2.62. The number of nitrogens with zero attached hydrogens (tertiary/aromatic N) is 1. The summed E-state index contributed by atoms with van der Waals surface area (Å²) >= 11 is 0. The molecule has 0 aliphatic heterocycles. The molecule has 0 heterocycles. The summed E-state index contributed by atoms with van der Waals surface area (Å²) in [6.07, 6.45) is 0.590. The van der Waals surface area contributed by atoms with E-state index >= 15 is 0 Å². The van der Waals surface area contributed by atoms with Crippen molar-refractivity contribution in [1.82, 2.24) is 0 Å². The zero-order valence-electron chi connectivity index (χ0n) is 8.61. The molecule has 1 rings (SSSR count). The smallest absolute Gasteiger partial charge is 0.128 e. The first-order valence-corrected chi connectivity index (χ1v) is 4.82. The maximum absolute atomic E-state index is 12.0. The van der Waals surface area contributed by atoms with E-state index in [1.54, 1.807) is 18.2 Å². The second kappa shape index (κ2) is 6.01. The minimum atomic E-state index is -0.536. The molecule has 0 saturated heterocycles. The first kappa shape index (κ1) is 11.5. The van der Waals surface area contributed by atoms with Crippen LogP contribution in [0.4, 0.5) is 4.39 Å². The van der Waals surface area contributed by atoms with Gasteiger partial charge in [0.05, 0.1) is 5.71 Å². The fourth-order valence-electron chi connectivity index (χ4n) is 1.29. The Morgan fingerprint density at radius 3 is 2.80 bits per heavy atom. The van der Waals surface area contributed by atoms with Crippen molar-refractivity contribution in [3.8, 4) is 5.75 Å². The number of para-hydroxylation sites is 1. The number of hydrogen-bond donors (Lipinski definition) is 1. The number of benzene rings is 1. The highest BCUT2D eigenvalue weighted by molar-refractivity contribution is 6.02. The Morgan fingerprint density at radius 1 is 1.47 bits per heavy atom. The van der Waals surface area contributed by atoms with E-state index < -0.39 is 6.67 Å². The highest BCUT2D eigenvalue weighted by Crippen LogP contribution is 2.20. The van der Waals surface area contributed by atoms with Crippen LogP contribution in [0, 0.1) is 0 Å². The summed E-state index contributed by atoms with van der Waals surface area (Å²) in [5.41, 5.74) is 1.24. The van der Waals surface area contributed by atoms with Gasteiger partial charge in [0.1, 0.15) is 19.0 Å². The first-order valence-electron chi connectivity index (χ1n) is 4.82. The van der Waals surface area contributed by atoms with E-state index in [4.69, 9.17) is 9.94 Å². The summed E-state index contributed by atoms with van der Waals surface area (Å²) in [6.45, 7) is 1.35. The summed E-state index contributed by atoms with van der Waals surface area (Å²) in [5.74, 6) is 0.546. The Kier molecular flexibility index (Phi) is 4.60. The number of oxime groups is 1. The van der Waals surface area contributed by atoms with E-state index in [2.05, 4.69) is 5.16 Å². The lowest BCUT2D eigenvalue weighted by Gasteiger charge is -2.09. The van der Waals surface area contributed by atoms with Crippen LogP contribution >= 0.6 is 0 Å². The van der Waals surface area contributed by atoms with E-state index in [1.165, 1.54) is 0 Å². The van der Waals surface area contributed by atoms with Crippen LogP contribution in [0.3, 0.4) is 0 Å². The van der Waals surface area contributed by atoms with Gasteiger partial charge >= 0.3 is 0 Å². The van der Waals surface area contributed by atoms with Gasteiger partial charge < -0.3 is 9.94 Å². The average molecular weight is 211 g/mol. The van der Waals surface area contributed by atoms with Crippen LogP contribution in [-0.2, 0) is 0 Å². The molecule has 0 spiro atoms. The molecule has 1 aromatic carbocycles. The van der Waals surface area contributed by atoms with Crippen molar-refractivity contribution in [2.75, 3.05) is 13.3 Å². The van der Waals surface area contributed by atoms with Gasteiger partial charge in [0.2, 0.25) is 0 Å². The van der Waals surface area contributed by atoms with Crippen LogP contribution in [0.15, 0.2) is 29.4 Å². The van der Waals surface area contributed by atoms with Gasteiger partial charge in [0.25, 0.3) is 0 Å². The Morgan fingerprint density at radius 2 is 2.20 bits per heavy atom. The minimum Gasteiger partial charge on any atom is -0.490 e. The Bertz CT molecular complexity index is 339. The normalized spacial score (nSPS) is 11.5. The molecule has 1 aromatic rings. The number of hydrogen-bond acceptors (Lipinski definition) is 3. The van der Waals surface area contributed by atoms with Crippen molar-refractivity contribution in [1.29, 1.82) is 0 Å². The summed E-state index contributed by atoms with van der Waals surface area (Å²) in [7, 11) is 0. The molecule has 0 fully saturated rings. The molecule has 0 aliphatic rings. The molecule has 1 N–H and O–H groups in total. The van der Waals surface area contributed by atoms with Crippen molar-refractivity contribution in [2.24, 2.45) is 5.16 Å². The van der Waals surface area contributed by atoms with Gasteiger partial charge in [-0.3, -0.25) is 0 Å². The topological polar surface area (TPSA) is 41.8 Å². The molecule has 0 radical (unpaired) electrons. The number of alkyl halides is 1. The monoisotopic (exact) mass is 211 g/mol. The largest absolute Gasteiger partial charge is 0.490 e. The fraction of sp³-hybridized carbons (Fsp3) is 0.364. The van der Waals surface area contributed by atoms with Crippen LogP contribution in [0.2, 0.25) is 0 Å².